The van der Waals surface area contributed by atoms with Crippen LogP contribution < -0.4 is 4.74 Å². The number of fused-ring (bicyclic) bond motifs is 2. The standard InChI is InChI=1S/C27H32ClFN2O5/c28-19-1-4-24-18(13-19)16-36-27(24)7-11-30(12-8-27)15-22(33)17-35-25-14-21(32)2-3-23(25)26(34)31-9-5-20(29)6-10-31/h1-4,13-14,20,22,32-33H,5-12,15-17H2/t22-/m1/s1. The van der Waals surface area contributed by atoms with E-state index in [4.69, 9.17) is 21.1 Å². The summed E-state index contributed by atoms with van der Waals surface area (Å²) in [5.41, 5.74) is 2.38. The van der Waals surface area contributed by atoms with Crippen LogP contribution in [0.1, 0.15) is 47.2 Å². The van der Waals surface area contributed by atoms with E-state index in [-0.39, 0.29) is 29.6 Å². The van der Waals surface area contributed by atoms with E-state index in [1.807, 2.05) is 12.1 Å². The number of rotatable bonds is 6. The molecule has 2 N–H and O–H groups in total. The van der Waals surface area contributed by atoms with Crippen LogP contribution >= 0.6 is 11.6 Å². The summed E-state index contributed by atoms with van der Waals surface area (Å²) < 4.78 is 25.5. The number of phenolic OH excluding ortho intramolecular Hbond substituents is 1. The molecule has 2 aromatic carbocycles. The smallest absolute Gasteiger partial charge is 0.257 e. The van der Waals surface area contributed by atoms with Crippen molar-refractivity contribution in [2.75, 3.05) is 39.3 Å². The zero-order chi connectivity index (χ0) is 25.3. The van der Waals surface area contributed by atoms with Crippen molar-refractivity contribution in [2.24, 2.45) is 0 Å². The van der Waals surface area contributed by atoms with Crippen LogP contribution in [0.4, 0.5) is 4.39 Å². The maximum absolute atomic E-state index is 13.5. The first kappa shape index (κ1) is 25.3. The molecule has 2 saturated heterocycles. The maximum atomic E-state index is 13.5. The first-order chi connectivity index (χ1) is 17.3. The number of nitrogens with zero attached hydrogens (tertiary/aromatic N) is 2. The Hall–Kier alpha value is -2.39. The van der Waals surface area contributed by atoms with Gasteiger partial charge in [0.1, 0.15) is 30.4 Å². The minimum atomic E-state index is -0.877. The number of amides is 1. The molecule has 3 aliphatic heterocycles. The summed E-state index contributed by atoms with van der Waals surface area (Å²) in [6.07, 6.45) is 0.645. The molecule has 7 nitrogen and oxygen atoms in total. The fourth-order valence-electron chi connectivity index (χ4n) is 5.50. The van der Waals surface area contributed by atoms with Gasteiger partial charge in [0.15, 0.2) is 0 Å². The number of ether oxygens (including phenoxy) is 2. The van der Waals surface area contributed by atoms with E-state index in [0.29, 0.717) is 44.6 Å². The number of piperidine rings is 2. The number of carbonyl (C=O) groups excluding carboxylic acids is 1. The molecule has 0 saturated carbocycles. The minimum absolute atomic E-state index is 0.0181. The van der Waals surface area contributed by atoms with Crippen molar-refractivity contribution in [1.29, 1.82) is 0 Å². The van der Waals surface area contributed by atoms with Gasteiger partial charge in [-0.1, -0.05) is 17.7 Å². The van der Waals surface area contributed by atoms with Gasteiger partial charge in [0, 0.05) is 43.8 Å². The lowest BCUT2D eigenvalue weighted by Gasteiger charge is -2.39. The van der Waals surface area contributed by atoms with Crippen molar-refractivity contribution < 1.29 is 28.9 Å². The van der Waals surface area contributed by atoms with Crippen LogP contribution in [0.15, 0.2) is 36.4 Å². The van der Waals surface area contributed by atoms with Gasteiger partial charge in [-0.05, 0) is 61.1 Å². The lowest BCUT2D eigenvalue weighted by atomic mass is 9.84. The summed E-state index contributed by atoms with van der Waals surface area (Å²) >= 11 is 6.13. The maximum Gasteiger partial charge on any atom is 0.257 e. The van der Waals surface area contributed by atoms with Crippen LogP contribution in [-0.4, -0.2) is 77.5 Å². The number of halogens is 2. The Kier molecular flexibility index (Phi) is 7.40. The first-order valence-corrected chi connectivity index (χ1v) is 12.9. The molecule has 9 heteroatoms. The number of alkyl halides is 1. The van der Waals surface area contributed by atoms with Gasteiger partial charge >= 0.3 is 0 Å². The Morgan fingerprint density at radius 1 is 1.17 bits per heavy atom. The first-order valence-electron chi connectivity index (χ1n) is 12.6. The highest BCUT2D eigenvalue weighted by atomic mass is 35.5. The number of likely N-dealkylation sites (tertiary alicyclic amines) is 2. The van der Waals surface area contributed by atoms with E-state index in [1.165, 1.54) is 23.8 Å². The number of β-amino-alcohol motifs (C(OH)–C–C–N with tert-alkyl or cyclic N) is 1. The number of aliphatic hydroxyl groups is 1. The fourth-order valence-corrected chi connectivity index (χ4v) is 5.69. The SMILES string of the molecule is O=C(c1ccc(O)cc1OC[C@H](O)CN1CCC2(CC1)OCc1cc(Cl)ccc12)N1CCC(F)CC1. The quantitative estimate of drug-likeness (QED) is 0.604. The van der Waals surface area contributed by atoms with E-state index < -0.39 is 12.3 Å². The van der Waals surface area contributed by atoms with Gasteiger partial charge < -0.3 is 29.5 Å². The molecule has 1 atom stereocenters. The summed E-state index contributed by atoms with van der Waals surface area (Å²) in [6.45, 7) is 3.23. The molecule has 0 unspecified atom stereocenters. The molecule has 0 aliphatic carbocycles. The van der Waals surface area contributed by atoms with Crippen molar-refractivity contribution in [1.82, 2.24) is 9.80 Å². The van der Waals surface area contributed by atoms with Crippen LogP contribution in [0.3, 0.4) is 0 Å². The molecule has 36 heavy (non-hydrogen) atoms. The van der Waals surface area contributed by atoms with Gasteiger partial charge in [-0.2, -0.15) is 0 Å². The molecule has 0 bridgehead atoms. The molecular weight excluding hydrogens is 487 g/mol. The molecule has 194 valence electrons. The molecule has 0 radical (unpaired) electrons. The van der Waals surface area contributed by atoms with E-state index in [0.717, 1.165) is 36.5 Å². The highest BCUT2D eigenvalue weighted by Crippen LogP contribution is 2.44. The van der Waals surface area contributed by atoms with Crippen LogP contribution in [0.5, 0.6) is 11.5 Å². The van der Waals surface area contributed by atoms with Gasteiger partial charge in [0.25, 0.3) is 5.91 Å². The minimum Gasteiger partial charge on any atom is -0.508 e. The van der Waals surface area contributed by atoms with E-state index in [1.54, 1.807) is 4.90 Å². The van der Waals surface area contributed by atoms with E-state index in [2.05, 4.69) is 11.0 Å². The second kappa shape index (κ2) is 10.5. The molecule has 2 fully saturated rings. The van der Waals surface area contributed by atoms with E-state index in [9.17, 15) is 19.4 Å². The predicted octanol–water partition coefficient (Wildman–Crippen LogP) is 3.88. The normalized spacial score (nSPS) is 20.9. The van der Waals surface area contributed by atoms with Crippen LogP contribution in [0.2, 0.25) is 5.02 Å². The number of aliphatic hydroxyl groups excluding tert-OH is 1. The average Bonchev–Trinajstić information content (AvgIpc) is 3.21. The molecule has 1 amide bonds. The lowest BCUT2D eigenvalue weighted by Crippen LogP contribution is -2.46. The Balaban J connectivity index is 1.15. The largest absolute Gasteiger partial charge is 0.508 e. The third-order valence-corrected chi connectivity index (χ3v) is 7.77. The zero-order valence-electron chi connectivity index (χ0n) is 20.2. The second-order valence-electron chi connectivity index (χ2n) is 10.00. The van der Waals surface area contributed by atoms with Crippen LogP contribution in [-0.2, 0) is 16.9 Å². The average molecular weight is 519 g/mol. The molecular formula is C27H32ClFN2O5. The summed E-state index contributed by atoms with van der Waals surface area (Å²) in [7, 11) is 0. The summed E-state index contributed by atoms with van der Waals surface area (Å²) in [5.74, 6) is -0.0718. The Labute approximate surface area is 215 Å². The van der Waals surface area contributed by atoms with Crippen molar-refractivity contribution in [2.45, 2.75) is 50.2 Å². The highest BCUT2D eigenvalue weighted by molar-refractivity contribution is 6.30. The number of hydrogen-bond donors (Lipinski definition) is 2. The molecule has 3 aliphatic rings. The molecule has 0 aromatic heterocycles. The van der Waals surface area contributed by atoms with Gasteiger partial charge in [-0.25, -0.2) is 4.39 Å². The Morgan fingerprint density at radius 2 is 1.92 bits per heavy atom. The molecule has 5 rings (SSSR count). The van der Waals surface area contributed by atoms with Gasteiger partial charge in [0.2, 0.25) is 0 Å². The van der Waals surface area contributed by atoms with Gasteiger partial charge in [-0.15, -0.1) is 0 Å². The Morgan fingerprint density at radius 3 is 2.67 bits per heavy atom. The fraction of sp³-hybridized carbons (Fsp3) is 0.519. The van der Waals surface area contributed by atoms with Gasteiger partial charge in [-0.3, -0.25) is 4.79 Å². The van der Waals surface area contributed by atoms with Gasteiger partial charge in [0.05, 0.1) is 17.8 Å². The molecule has 1 spiro atoms. The summed E-state index contributed by atoms with van der Waals surface area (Å²) in [6, 6.07) is 10.3. The number of aromatic hydroxyl groups is 1. The number of phenols is 1. The molecule has 2 aromatic rings. The predicted molar refractivity (Wildman–Crippen MR) is 133 cm³/mol. The van der Waals surface area contributed by atoms with Crippen LogP contribution in [0, 0.1) is 0 Å². The topological polar surface area (TPSA) is 82.5 Å². The second-order valence-corrected chi connectivity index (χ2v) is 10.4. The summed E-state index contributed by atoms with van der Waals surface area (Å²) in [5, 5.41) is 21.3. The number of carbonyl (C=O) groups is 1. The molecule has 3 heterocycles. The summed E-state index contributed by atoms with van der Waals surface area (Å²) in [4.78, 5) is 16.8. The number of hydrogen-bond acceptors (Lipinski definition) is 6. The third-order valence-electron chi connectivity index (χ3n) is 7.53. The lowest BCUT2D eigenvalue weighted by molar-refractivity contribution is -0.0835. The third kappa shape index (κ3) is 5.32. The highest BCUT2D eigenvalue weighted by Gasteiger charge is 2.42. The van der Waals surface area contributed by atoms with Crippen molar-refractivity contribution >= 4 is 17.5 Å². The van der Waals surface area contributed by atoms with Crippen molar-refractivity contribution in [3.63, 3.8) is 0 Å². The van der Waals surface area contributed by atoms with E-state index >= 15 is 0 Å². The van der Waals surface area contributed by atoms with Crippen LogP contribution in [0.25, 0.3) is 0 Å². The monoisotopic (exact) mass is 518 g/mol. The Bertz CT molecular complexity index is 1100. The number of benzene rings is 2. The van der Waals surface area contributed by atoms with Crippen molar-refractivity contribution in [3.8, 4) is 11.5 Å². The zero-order valence-corrected chi connectivity index (χ0v) is 20.9. The van der Waals surface area contributed by atoms with Crippen molar-refractivity contribution in [3.05, 3.63) is 58.1 Å².